The zero-order valence-electron chi connectivity index (χ0n) is 19.2. The van der Waals surface area contributed by atoms with E-state index in [1.807, 2.05) is 25.1 Å². The van der Waals surface area contributed by atoms with E-state index >= 15 is 0 Å². The van der Waals surface area contributed by atoms with Crippen LogP contribution in [0.25, 0.3) is 22.2 Å². The van der Waals surface area contributed by atoms with Crippen LogP contribution in [0.2, 0.25) is 0 Å². The number of aromatic nitrogens is 4. The Bertz CT molecular complexity index is 1470. The van der Waals surface area contributed by atoms with Gasteiger partial charge in [-0.05, 0) is 62.6 Å². The van der Waals surface area contributed by atoms with Gasteiger partial charge in [0.2, 0.25) is 0 Å². The average molecular weight is 463 g/mol. The number of hydrogen-bond donors (Lipinski definition) is 0. The summed E-state index contributed by atoms with van der Waals surface area (Å²) in [5, 5.41) is 0.218. The molecule has 5 rings (SSSR count). The van der Waals surface area contributed by atoms with E-state index in [1.165, 1.54) is 16.7 Å². The third-order valence-electron chi connectivity index (χ3n) is 6.49. The highest BCUT2D eigenvalue weighted by molar-refractivity contribution is 5.92. The minimum absolute atomic E-state index is 0.0186. The molecule has 34 heavy (non-hydrogen) atoms. The molecule has 0 N–H and O–H groups in total. The maximum absolute atomic E-state index is 14.8. The number of aryl methyl sites for hydroxylation is 2. The molecule has 0 saturated carbocycles. The summed E-state index contributed by atoms with van der Waals surface area (Å²) in [4.78, 5) is 26.8. The van der Waals surface area contributed by atoms with Gasteiger partial charge in [0.15, 0.2) is 0 Å². The average Bonchev–Trinajstić information content (AvgIpc) is 2.82. The van der Waals surface area contributed by atoms with Gasteiger partial charge in [0.1, 0.15) is 17.5 Å². The molecule has 0 bridgehead atoms. The number of nitrogens with zero attached hydrogens (tertiary/aromatic N) is 4. The molecule has 0 spiro atoms. The predicted octanol–water partition coefficient (Wildman–Crippen LogP) is 4.92. The van der Waals surface area contributed by atoms with Crippen molar-refractivity contribution in [2.45, 2.75) is 38.7 Å². The maximum atomic E-state index is 14.8. The van der Waals surface area contributed by atoms with Gasteiger partial charge < -0.3 is 4.74 Å². The van der Waals surface area contributed by atoms with E-state index in [-0.39, 0.29) is 34.2 Å². The Morgan fingerprint density at radius 1 is 1.09 bits per heavy atom. The lowest BCUT2D eigenvalue weighted by Crippen LogP contribution is -2.23. The van der Waals surface area contributed by atoms with E-state index in [0.29, 0.717) is 30.1 Å². The number of hydrogen-bond acceptors (Lipinski definition) is 5. The Balaban J connectivity index is 1.66. The van der Waals surface area contributed by atoms with Gasteiger partial charge >= 0.3 is 0 Å². The molecule has 0 radical (unpaired) electrons. The number of rotatable bonds is 3. The zero-order valence-corrected chi connectivity index (χ0v) is 19.2. The van der Waals surface area contributed by atoms with Crippen LogP contribution in [-0.4, -0.2) is 26.1 Å². The Morgan fingerprint density at radius 3 is 2.68 bits per heavy atom. The first-order valence-corrected chi connectivity index (χ1v) is 11.2. The molecule has 1 fully saturated rings. The van der Waals surface area contributed by atoms with E-state index in [0.717, 1.165) is 23.7 Å². The fraction of sp³-hybridized carbons (Fsp3) is 0.308. The molecule has 3 aromatic heterocycles. The van der Waals surface area contributed by atoms with Crippen molar-refractivity contribution in [3.63, 3.8) is 0 Å². The van der Waals surface area contributed by atoms with E-state index in [1.54, 1.807) is 20.2 Å². The maximum Gasteiger partial charge on any atom is 0.263 e. The Hall–Kier alpha value is -3.52. The van der Waals surface area contributed by atoms with E-state index in [2.05, 4.69) is 9.97 Å². The zero-order chi connectivity index (χ0) is 24.0. The van der Waals surface area contributed by atoms with Crippen molar-refractivity contribution in [2.75, 3.05) is 6.61 Å². The van der Waals surface area contributed by atoms with Crippen LogP contribution in [0, 0.1) is 25.5 Å². The predicted molar refractivity (Wildman–Crippen MR) is 125 cm³/mol. The molecular weight excluding hydrogens is 438 g/mol. The second-order valence-electron chi connectivity index (χ2n) is 8.75. The molecular formula is C26H24F2N4O2. The second-order valence-corrected chi connectivity index (χ2v) is 8.75. The fourth-order valence-electron chi connectivity index (χ4n) is 4.56. The van der Waals surface area contributed by atoms with Crippen LogP contribution < -0.4 is 5.56 Å². The van der Waals surface area contributed by atoms with Gasteiger partial charge in [0.05, 0.1) is 22.7 Å². The summed E-state index contributed by atoms with van der Waals surface area (Å²) < 4.78 is 35.9. The largest absolute Gasteiger partial charge is 0.373 e. The quantitative estimate of drug-likeness (QED) is 0.432. The lowest BCUT2D eigenvalue weighted by atomic mass is 9.88. The molecule has 1 aliphatic rings. The third-order valence-corrected chi connectivity index (χ3v) is 6.49. The molecule has 8 heteroatoms. The van der Waals surface area contributed by atoms with Gasteiger partial charge in [-0.25, -0.2) is 13.8 Å². The molecule has 4 aromatic rings. The van der Waals surface area contributed by atoms with Crippen LogP contribution in [0.4, 0.5) is 8.78 Å². The summed E-state index contributed by atoms with van der Waals surface area (Å²) in [6.07, 6.45) is 3.05. The monoisotopic (exact) mass is 462 g/mol. The van der Waals surface area contributed by atoms with Crippen LogP contribution in [0.3, 0.4) is 0 Å². The van der Waals surface area contributed by atoms with Crippen molar-refractivity contribution in [1.29, 1.82) is 0 Å². The molecule has 0 aliphatic carbocycles. The van der Waals surface area contributed by atoms with Crippen molar-refractivity contribution in [2.24, 2.45) is 7.05 Å². The summed E-state index contributed by atoms with van der Waals surface area (Å²) in [7, 11) is 1.61. The highest BCUT2D eigenvalue weighted by Crippen LogP contribution is 2.39. The Kier molecular flexibility index (Phi) is 5.69. The van der Waals surface area contributed by atoms with Gasteiger partial charge in [0, 0.05) is 48.8 Å². The highest BCUT2D eigenvalue weighted by Gasteiger charge is 2.28. The minimum atomic E-state index is -0.773. The highest BCUT2D eigenvalue weighted by atomic mass is 19.1. The van der Waals surface area contributed by atoms with E-state index in [4.69, 9.17) is 9.72 Å². The summed E-state index contributed by atoms with van der Waals surface area (Å²) in [5.41, 5.74) is 3.06. The van der Waals surface area contributed by atoms with E-state index < -0.39 is 11.6 Å². The second kappa shape index (κ2) is 8.68. The third kappa shape index (κ3) is 3.98. The number of halogens is 2. The Morgan fingerprint density at radius 2 is 1.91 bits per heavy atom. The van der Waals surface area contributed by atoms with Crippen LogP contribution >= 0.6 is 0 Å². The molecule has 6 nitrogen and oxygen atoms in total. The molecule has 0 unspecified atom stereocenters. The fourth-order valence-corrected chi connectivity index (χ4v) is 4.56. The lowest BCUT2D eigenvalue weighted by Gasteiger charge is -2.30. The smallest absolute Gasteiger partial charge is 0.263 e. The molecule has 4 heterocycles. The van der Waals surface area contributed by atoms with Crippen molar-refractivity contribution < 1.29 is 13.5 Å². The van der Waals surface area contributed by atoms with Crippen molar-refractivity contribution in [1.82, 2.24) is 19.5 Å². The number of pyridine rings is 2. The Labute approximate surface area is 195 Å². The van der Waals surface area contributed by atoms with Crippen molar-refractivity contribution in [3.8, 4) is 11.3 Å². The van der Waals surface area contributed by atoms with Gasteiger partial charge in [-0.2, -0.15) is 0 Å². The first-order valence-electron chi connectivity index (χ1n) is 11.2. The number of fused-ring (bicyclic) bond motifs is 1. The van der Waals surface area contributed by atoms with Crippen molar-refractivity contribution >= 4 is 10.9 Å². The first kappa shape index (κ1) is 22.3. The first-order chi connectivity index (χ1) is 16.3. The summed E-state index contributed by atoms with van der Waals surface area (Å²) >= 11 is 0. The van der Waals surface area contributed by atoms with Crippen LogP contribution in [0.15, 0.2) is 47.4 Å². The summed E-state index contributed by atoms with van der Waals surface area (Å²) in [6.45, 7) is 4.22. The standard InChI is InChI=1S/C26H24F2N4O2/c1-14-10-17(6-8-29-14)23-11-16(7-9-34-23)21-13-22-24(26(33)32(3)15(2)30-22)25(31-21)19-5-4-18(27)12-20(19)28/h4-6,8,10,12-13,16,23H,7,9,11H2,1-3H3/t16-,23+/m0/s1. The lowest BCUT2D eigenvalue weighted by molar-refractivity contribution is 0.00460. The molecule has 2 atom stereocenters. The molecule has 0 amide bonds. The summed E-state index contributed by atoms with van der Waals surface area (Å²) in [5.74, 6) is -0.906. The normalized spacial score (nSPS) is 18.4. The SMILES string of the molecule is Cc1cc([C@H]2C[C@@H](c3cc4nc(C)n(C)c(=O)c4c(-c4ccc(F)cc4F)n3)CCO2)ccn1. The molecule has 174 valence electrons. The van der Waals surface area contributed by atoms with Crippen LogP contribution in [0.1, 0.15) is 47.6 Å². The van der Waals surface area contributed by atoms with Gasteiger partial charge in [-0.3, -0.25) is 19.3 Å². The van der Waals surface area contributed by atoms with Gasteiger partial charge in [-0.15, -0.1) is 0 Å². The number of ether oxygens (including phenoxy) is 1. The van der Waals surface area contributed by atoms with E-state index in [9.17, 15) is 13.6 Å². The minimum Gasteiger partial charge on any atom is -0.373 e. The van der Waals surface area contributed by atoms with Gasteiger partial charge in [-0.1, -0.05) is 0 Å². The number of benzene rings is 1. The summed E-state index contributed by atoms with van der Waals surface area (Å²) in [6, 6.07) is 9.07. The van der Waals surface area contributed by atoms with Crippen LogP contribution in [0.5, 0.6) is 0 Å². The molecule has 1 aromatic carbocycles. The topological polar surface area (TPSA) is 69.9 Å². The molecule has 1 aliphatic heterocycles. The van der Waals surface area contributed by atoms with Crippen LogP contribution in [-0.2, 0) is 11.8 Å². The van der Waals surface area contributed by atoms with Crippen molar-refractivity contribution in [3.05, 3.63) is 87.4 Å². The molecule has 1 saturated heterocycles. The van der Waals surface area contributed by atoms with Gasteiger partial charge in [0.25, 0.3) is 5.56 Å².